The number of aryl methyl sites for hydroxylation is 2. The van der Waals surface area contributed by atoms with E-state index in [0.717, 1.165) is 35.6 Å². The topological polar surface area (TPSA) is 47.3 Å². The fraction of sp³-hybridized carbons (Fsp3) is 0.357. The van der Waals surface area contributed by atoms with Gasteiger partial charge in [-0.25, -0.2) is 0 Å². The average Bonchev–Trinajstić information content (AvgIpc) is 2.80. The van der Waals surface area contributed by atoms with E-state index in [4.69, 9.17) is 9.84 Å². The van der Waals surface area contributed by atoms with Crippen LogP contribution in [0.25, 0.3) is 0 Å². The zero-order valence-corrected chi connectivity index (χ0v) is 10.8. The molecular formula is C14H18N2O2. The minimum Gasteiger partial charge on any atom is -0.454 e. The van der Waals surface area contributed by atoms with Crippen molar-refractivity contribution in [3.63, 3.8) is 0 Å². The second-order valence-corrected chi connectivity index (χ2v) is 4.30. The average molecular weight is 246 g/mol. The second kappa shape index (κ2) is 5.69. The summed E-state index contributed by atoms with van der Waals surface area (Å²) in [7, 11) is 0. The Morgan fingerprint density at radius 3 is 2.89 bits per heavy atom. The number of aliphatic hydroxyl groups excluding tert-OH is 1. The Bertz CT molecular complexity index is 520. The molecule has 0 saturated carbocycles. The number of hydrogen-bond acceptors (Lipinski definition) is 3. The van der Waals surface area contributed by atoms with E-state index >= 15 is 0 Å². The molecular weight excluding hydrogens is 228 g/mol. The number of benzene rings is 1. The van der Waals surface area contributed by atoms with Gasteiger partial charge in [-0.05, 0) is 30.5 Å². The Hall–Kier alpha value is -1.81. The molecule has 0 saturated heterocycles. The van der Waals surface area contributed by atoms with Gasteiger partial charge in [-0.2, -0.15) is 5.10 Å². The molecule has 0 aliphatic rings. The van der Waals surface area contributed by atoms with Gasteiger partial charge in [0.1, 0.15) is 5.75 Å². The van der Waals surface area contributed by atoms with Crippen molar-refractivity contribution in [2.75, 3.05) is 0 Å². The molecule has 0 radical (unpaired) electrons. The van der Waals surface area contributed by atoms with Crippen molar-refractivity contribution in [1.29, 1.82) is 0 Å². The summed E-state index contributed by atoms with van der Waals surface area (Å²) in [6, 6.07) is 5.66. The number of aromatic nitrogens is 2. The summed E-state index contributed by atoms with van der Waals surface area (Å²) >= 11 is 0. The molecule has 2 rings (SSSR count). The first-order chi connectivity index (χ1) is 8.72. The van der Waals surface area contributed by atoms with E-state index in [9.17, 15) is 0 Å². The number of aliphatic hydroxyl groups is 1. The molecule has 1 aromatic carbocycles. The lowest BCUT2D eigenvalue weighted by molar-refractivity contribution is 0.281. The summed E-state index contributed by atoms with van der Waals surface area (Å²) in [4.78, 5) is 0. The molecule has 18 heavy (non-hydrogen) atoms. The molecule has 96 valence electrons. The maximum atomic E-state index is 9.05. The van der Waals surface area contributed by atoms with Gasteiger partial charge in [-0.1, -0.05) is 19.1 Å². The van der Waals surface area contributed by atoms with Crippen LogP contribution in [0.2, 0.25) is 0 Å². The predicted molar refractivity (Wildman–Crippen MR) is 69.7 cm³/mol. The first-order valence-electron chi connectivity index (χ1n) is 6.13. The monoisotopic (exact) mass is 246 g/mol. The quantitative estimate of drug-likeness (QED) is 0.882. The Morgan fingerprint density at radius 2 is 2.22 bits per heavy atom. The molecule has 0 unspecified atom stereocenters. The lowest BCUT2D eigenvalue weighted by Crippen LogP contribution is -1.95. The Labute approximate surface area is 107 Å². The van der Waals surface area contributed by atoms with Crippen LogP contribution in [0.1, 0.15) is 24.5 Å². The summed E-state index contributed by atoms with van der Waals surface area (Å²) in [6.45, 7) is 5.02. The van der Waals surface area contributed by atoms with Crippen LogP contribution in [0, 0.1) is 6.92 Å². The highest BCUT2D eigenvalue weighted by Crippen LogP contribution is 2.25. The number of ether oxygens (including phenoxy) is 1. The van der Waals surface area contributed by atoms with Gasteiger partial charge in [0.15, 0.2) is 5.75 Å². The van der Waals surface area contributed by atoms with Crippen LogP contribution in [-0.4, -0.2) is 14.9 Å². The van der Waals surface area contributed by atoms with Gasteiger partial charge in [-0.15, -0.1) is 0 Å². The van der Waals surface area contributed by atoms with Crippen LogP contribution >= 0.6 is 0 Å². The van der Waals surface area contributed by atoms with Crippen molar-refractivity contribution < 1.29 is 9.84 Å². The van der Waals surface area contributed by atoms with Crippen LogP contribution in [0.4, 0.5) is 0 Å². The molecule has 1 aromatic heterocycles. The van der Waals surface area contributed by atoms with Crippen LogP contribution < -0.4 is 4.74 Å². The van der Waals surface area contributed by atoms with Crippen LogP contribution in [0.5, 0.6) is 11.5 Å². The number of rotatable bonds is 5. The Kier molecular flexibility index (Phi) is 3.99. The smallest absolute Gasteiger partial charge is 0.165 e. The van der Waals surface area contributed by atoms with E-state index in [1.807, 2.05) is 36.0 Å². The Balaban J connectivity index is 2.12. The fourth-order valence-electron chi connectivity index (χ4n) is 1.80. The second-order valence-electron chi connectivity index (χ2n) is 4.30. The van der Waals surface area contributed by atoms with Crippen LogP contribution in [-0.2, 0) is 13.2 Å². The van der Waals surface area contributed by atoms with Crippen LogP contribution in [0.3, 0.4) is 0 Å². The third kappa shape index (κ3) is 2.90. The van der Waals surface area contributed by atoms with Gasteiger partial charge >= 0.3 is 0 Å². The van der Waals surface area contributed by atoms with Crippen molar-refractivity contribution in [2.45, 2.75) is 33.4 Å². The SMILES string of the molecule is CCCn1cc(Oc2ccc(CO)cc2C)cn1. The highest BCUT2D eigenvalue weighted by atomic mass is 16.5. The summed E-state index contributed by atoms with van der Waals surface area (Å²) in [5.41, 5.74) is 1.89. The minimum atomic E-state index is 0.0511. The third-order valence-electron chi connectivity index (χ3n) is 2.71. The molecule has 1 N–H and O–H groups in total. The van der Waals surface area contributed by atoms with Crippen molar-refractivity contribution in [2.24, 2.45) is 0 Å². The van der Waals surface area contributed by atoms with Gasteiger partial charge in [0.2, 0.25) is 0 Å². The molecule has 0 atom stereocenters. The molecule has 0 amide bonds. The van der Waals surface area contributed by atoms with Gasteiger partial charge < -0.3 is 9.84 Å². The maximum absolute atomic E-state index is 9.05. The van der Waals surface area contributed by atoms with E-state index in [-0.39, 0.29) is 6.61 Å². The third-order valence-corrected chi connectivity index (χ3v) is 2.71. The van der Waals surface area contributed by atoms with E-state index in [0.29, 0.717) is 0 Å². The standard InChI is InChI=1S/C14H18N2O2/c1-3-6-16-9-13(8-15-16)18-14-5-4-12(10-17)7-11(14)2/h4-5,7-9,17H,3,6,10H2,1-2H3. The van der Waals surface area contributed by atoms with Crippen molar-refractivity contribution in [1.82, 2.24) is 9.78 Å². The summed E-state index contributed by atoms with van der Waals surface area (Å²) in [6.07, 6.45) is 4.66. The molecule has 0 bridgehead atoms. The van der Waals surface area contributed by atoms with E-state index < -0.39 is 0 Å². The van der Waals surface area contributed by atoms with Crippen LogP contribution in [0.15, 0.2) is 30.6 Å². The lowest BCUT2D eigenvalue weighted by atomic mass is 10.1. The highest BCUT2D eigenvalue weighted by molar-refractivity contribution is 5.38. The Morgan fingerprint density at radius 1 is 1.39 bits per heavy atom. The summed E-state index contributed by atoms with van der Waals surface area (Å²) in [5, 5.41) is 13.3. The lowest BCUT2D eigenvalue weighted by Gasteiger charge is -2.07. The maximum Gasteiger partial charge on any atom is 0.165 e. The van der Waals surface area contributed by atoms with E-state index in [2.05, 4.69) is 12.0 Å². The first kappa shape index (κ1) is 12.6. The van der Waals surface area contributed by atoms with Crippen molar-refractivity contribution in [3.05, 3.63) is 41.7 Å². The van der Waals surface area contributed by atoms with Crippen molar-refractivity contribution in [3.8, 4) is 11.5 Å². The summed E-state index contributed by atoms with van der Waals surface area (Å²) < 4.78 is 7.64. The van der Waals surface area contributed by atoms with E-state index in [1.165, 1.54) is 0 Å². The molecule has 4 heteroatoms. The minimum absolute atomic E-state index is 0.0511. The van der Waals surface area contributed by atoms with E-state index in [1.54, 1.807) is 6.20 Å². The zero-order chi connectivity index (χ0) is 13.0. The number of hydrogen-bond donors (Lipinski definition) is 1. The van der Waals surface area contributed by atoms with Gasteiger partial charge in [0, 0.05) is 6.54 Å². The largest absolute Gasteiger partial charge is 0.454 e. The normalized spacial score (nSPS) is 10.6. The molecule has 0 aliphatic heterocycles. The highest BCUT2D eigenvalue weighted by Gasteiger charge is 2.04. The van der Waals surface area contributed by atoms with Crippen molar-refractivity contribution >= 4 is 0 Å². The zero-order valence-electron chi connectivity index (χ0n) is 10.8. The fourth-order valence-corrected chi connectivity index (χ4v) is 1.80. The summed E-state index contributed by atoms with van der Waals surface area (Å²) in [5.74, 6) is 1.53. The molecule has 0 fully saturated rings. The predicted octanol–water partition coefficient (Wildman–Crippen LogP) is 2.89. The van der Waals surface area contributed by atoms with Gasteiger partial charge in [-0.3, -0.25) is 4.68 Å². The first-order valence-corrected chi connectivity index (χ1v) is 6.13. The molecule has 0 spiro atoms. The molecule has 2 aromatic rings. The molecule has 0 aliphatic carbocycles. The van der Waals surface area contributed by atoms with Gasteiger partial charge in [0.25, 0.3) is 0 Å². The molecule has 4 nitrogen and oxygen atoms in total. The van der Waals surface area contributed by atoms with Gasteiger partial charge in [0.05, 0.1) is 19.0 Å². The molecule has 1 heterocycles. The number of nitrogens with zero attached hydrogens (tertiary/aromatic N) is 2.